The molecule has 3 heterocycles. The Labute approximate surface area is 119 Å². The lowest BCUT2D eigenvalue weighted by Crippen LogP contribution is -2.49. The number of hydrogen-bond acceptors (Lipinski definition) is 5. The molecule has 3 rings (SSSR count). The average molecular weight is 280 g/mol. The normalized spacial score (nSPS) is 26.1. The summed E-state index contributed by atoms with van der Waals surface area (Å²) in [4.78, 5) is 11.3. The van der Waals surface area contributed by atoms with Crippen LogP contribution in [0.2, 0.25) is 0 Å². The fourth-order valence-electron chi connectivity index (χ4n) is 3.22. The molecule has 0 aliphatic carbocycles. The molecule has 106 valence electrons. The number of likely N-dealkylation sites (tertiary alicyclic amines) is 1. The van der Waals surface area contributed by atoms with E-state index in [-0.39, 0.29) is 0 Å². The van der Waals surface area contributed by atoms with Crippen LogP contribution in [0.4, 0.5) is 0 Å². The largest absolute Gasteiger partial charge is 0.314 e. The molecule has 0 radical (unpaired) electrons. The van der Waals surface area contributed by atoms with Crippen LogP contribution < -0.4 is 5.32 Å². The summed E-state index contributed by atoms with van der Waals surface area (Å²) in [5, 5.41) is 4.64. The molecular weight excluding hydrogens is 256 g/mol. The minimum absolute atomic E-state index is 0.774. The second-order valence-electron chi connectivity index (χ2n) is 5.71. The topological polar surface area (TPSA) is 31.4 Å². The summed E-state index contributed by atoms with van der Waals surface area (Å²) >= 11 is 1.86. The molecule has 2 saturated heterocycles. The Hall–Kier alpha value is -0.490. The first-order valence-corrected chi connectivity index (χ1v) is 8.14. The fraction of sp³-hybridized carbons (Fsp3) is 0.786. The van der Waals surface area contributed by atoms with Crippen molar-refractivity contribution in [1.29, 1.82) is 0 Å². The van der Waals surface area contributed by atoms with Crippen molar-refractivity contribution in [2.24, 2.45) is 0 Å². The summed E-state index contributed by atoms with van der Waals surface area (Å²) in [5.74, 6) is 0. The number of hydrogen-bond donors (Lipinski definition) is 1. The van der Waals surface area contributed by atoms with Crippen LogP contribution in [-0.4, -0.2) is 60.1 Å². The molecule has 0 spiro atoms. The standard InChI is InChI=1S/C14H24N4S/c1-11-14(19-12(2)16-11)10-17-6-3-13(9-17)18-7-4-15-5-8-18/h13,15H,3-10H2,1-2H3. The van der Waals surface area contributed by atoms with E-state index in [0.717, 1.165) is 25.7 Å². The molecule has 2 aliphatic heterocycles. The van der Waals surface area contributed by atoms with Gasteiger partial charge in [0.2, 0.25) is 0 Å². The third-order valence-corrected chi connectivity index (χ3v) is 5.34. The highest BCUT2D eigenvalue weighted by Gasteiger charge is 2.28. The van der Waals surface area contributed by atoms with E-state index in [2.05, 4.69) is 33.9 Å². The number of aryl methyl sites for hydroxylation is 2. The zero-order valence-corrected chi connectivity index (χ0v) is 12.8. The molecule has 1 aromatic rings. The van der Waals surface area contributed by atoms with Crippen molar-refractivity contribution < 1.29 is 0 Å². The smallest absolute Gasteiger partial charge is 0.0900 e. The summed E-state index contributed by atoms with van der Waals surface area (Å²) in [5.41, 5.74) is 1.23. The van der Waals surface area contributed by atoms with Crippen LogP contribution in [0.25, 0.3) is 0 Å². The van der Waals surface area contributed by atoms with Gasteiger partial charge in [-0.3, -0.25) is 9.80 Å². The van der Waals surface area contributed by atoms with Crippen LogP contribution in [0.15, 0.2) is 0 Å². The number of aromatic nitrogens is 1. The third kappa shape index (κ3) is 3.16. The summed E-state index contributed by atoms with van der Waals surface area (Å²) in [6.45, 7) is 12.6. The Balaban J connectivity index is 1.55. The maximum absolute atomic E-state index is 4.54. The van der Waals surface area contributed by atoms with E-state index in [4.69, 9.17) is 0 Å². The minimum atomic E-state index is 0.774. The van der Waals surface area contributed by atoms with Gasteiger partial charge >= 0.3 is 0 Å². The number of nitrogens with one attached hydrogen (secondary N) is 1. The van der Waals surface area contributed by atoms with Gasteiger partial charge in [0, 0.05) is 56.7 Å². The maximum Gasteiger partial charge on any atom is 0.0900 e. The van der Waals surface area contributed by atoms with Crippen LogP contribution >= 0.6 is 11.3 Å². The number of nitrogens with zero attached hydrogens (tertiary/aromatic N) is 3. The van der Waals surface area contributed by atoms with Gasteiger partial charge in [0.1, 0.15) is 0 Å². The first-order valence-electron chi connectivity index (χ1n) is 7.32. The van der Waals surface area contributed by atoms with Crippen molar-refractivity contribution in [1.82, 2.24) is 20.1 Å². The molecular formula is C14H24N4S. The lowest BCUT2D eigenvalue weighted by molar-refractivity contribution is 0.170. The summed E-state index contributed by atoms with van der Waals surface area (Å²) < 4.78 is 0. The van der Waals surface area contributed by atoms with Crippen molar-refractivity contribution in [2.45, 2.75) is 32.9 Å². The van der Waals surface area contributed by atoms with E-state index in [1.807, 2.05) is 11.3 Å². The predicted molar refractivity (Wildman–Crippen MR) is 79.7 cm³/mol. The first-order chi connectivity index (χ1) is 9.22. The lowest BCUT2D eigenvalue weighted by Gasteiger charge is -2.32. The van der Waals surface area contributed by atoms with Crippen LogP contribution in [-0.2, 0) is 6.54 Å². The monoisotopic (exact) mass is 280 g/mol. The van der Waals surface area contributed by atoms with E-state index in [0.29, 0.717) is 0 Å². The highest BCUT2D eigenvalue weighted by Crippen LogP contribution is 2.23. The third-order valence-electron chi connectivity index (χ3n) is 4.28. The van der Waals surface area contributed by atoms with Gasteiger partial charge in [-0.05, 0) is 20.3 Å². The van der Waals surface area contributed by atoms with Crippen molar-refractivity contribution in [2.75, 3.05) is 39.3 Å². The highest BCUT2D eigenvalue weighted by atomic mass is 32.1. The average Bonchev–Trinajstić information content (AvgIpc) is 2.99. The molecule has 0 bridgehead atoms. The molecule has 0 amide bonds. The predicted octanol–water partition coefficient (Wildman–Crippen LogP) is 1.24. The quantitative estimate of drug-likeness (QED) is 0.903. The Kier molecular flexibility index (Phi) is 4.17. The molecule has 0 saturated carbocycles. The number of rotatable bonds is 3. The van der Waals surface area contributed by atoms with Crippen LogP contribution in [0.1, 0.15) is 22.0 Å². The summed E-state index contributed by atoms with van der Waals surface area (Å²) in [6.07, 6.45) is 1.33. The first kappa shape index (κ1) is 13.5. The van der Waals surface area contributed by atoms with Crippen LogP contribution in [0, 0.1) is 13.8 Å². The van der Waals surface area contributed by atoms with Crippen LogP contribution in [0.3, 0.4) is 0 Å². The molecule has 1 unspecified atom stereocenters. The van der Waals surface area contributed by atoms with Crippen molar-refractivity contribution in [3.8, 4) is 0 Å². The van der Waals surface area contributed by atoms with Crippen molar-refractivity contribution in [3.63, 3.8) is 0 Å². The highest BCUT2D eigenvalue weighted by molar-refractivity contribution is 7.11. The fourth-order valence-corrected chi connectivity index (χ4v) is 4.20. The Morgan fingerprint density at radius 1 is 1.26 bits per heavy atom. The van der Waals surface area contributed by atoms with E-state index in [1.54, 1.807) is 0 Å². The van der Waals surface area contributed by atoms with Crippen molar-refractivity contribution in [3.05, 3.63) is 15.6 Å². The zero-order chi connectivity index (χ0) is 13.2. The van der Waals surface area contributed by atoms with Gasteiger partial charge in [-0.2, -0.15) is 0 Å². The minimum Gasteiger partial charge on any atom is -0.314 e. The van der Waals surface area contributed by atoms with E-state index in [9.17, 15) is 0 Å². The van der Waals surface area contributed by atoms with Crippen molar-refractivity contribution >= 4 is 11.3 Å². The summed E-state index contributed by atoms with van der Waals surface area (Å²) in [6, 6.07) is 0.774. The summed E-state index contributed by atoms with van der Waals surface area (Å²) in [7, 11) is 0. The molecule has 1 aromatic heterocycles. The van der Waals surface area contributed by atoms with E-state index in [1.165, 1.54) is 48.2 Å². The molecule has 4 nitrogen and oxygen atoms in total. The van der Waals surface area contributed by atoms with Gasteiger partial charge in [-0.15, -0.1) is 11.3 Å². The van der Waals surface area contributed by atoms with Gasteiger partial charge in [0.25, 0.3) is 0 Å². The molecule has 19 heavy (non-hydrogen) atoms. The molecule has 2 aliphatic rings. The molecule has 1 N–H and O–H groups in total. The number of thiazole rings is 1. The second kappa shape index (κ2) is 5.87. The lowest BCUT2D eigenvalue weighted by atomic mass is 10.2. The molecule has 1 atom stereocenters. The zero-order valence-electron chi connectivity index (χ0n) is 12.0. The van der Waals surface area contributed by atoms with Gasteiger partial charge in [-0.25, -0.2) is 4.98 Å². The van der Waals surface area contributed by atoms with Gasteiger partial charge in [0.05, 0.1) is 10.7 Å². The molecule has 0 aromatic carbocycles. The maximum atomic E-state index is 4.54. The van der Waals surface area contributed by atoms with E-state index < -0.39 is 0 Å². The number of piperazine rings is 1. The van der Waals surface area contributed by atoms with Crippen LogP contribution in [0.5, 0.6) is 0 Å². The Morgan fingerprint density at radius 2 is 2.05 bits per heavy atom. The SMILES string of the molecule is Cc1nc(C)c(CN2CCC(N3CCNCC3)C2)s1. The molecule has 5 heteroatoms. The second-order valence-corrected chi connectivity index (χ2v) is 6.99. The van der Waals surface area contributed by atoms with Gasteiger partial charge < -0.3 is 5.32 Å². The van der Waals surface area contributed by atoms with Gasteiger partial charge in [-0.1, -0.05) is 0 Å². The Morgan fingerprint density at radius 3 is 2.74 bits per heavy atom. The molecule has 2 fully saturated rings. The Bertz CT molecular complexity index is 425. The van der Waals surface area contributed by atoms with E-state index >= 15 is 0 Å². The van der Waals surface area contributed by atoms with Gasteiger partial charge in [0.15, 0.2) is 0 Å².